The summed E-state index contributed by atoms with van der Waals surface area (Å²) in [5.41, 5.74) is 1.78. The van der Waals surface area contributed by atoms with Gasteiger partial charge in [-0.1, -0.05) is 17.7 Å². The molecule has 2 rings (SSSR count). The maximum Gasteiger partial charge on any atom is 0.0718 e. The molecule has 13 heavy (non-hydrogen) atoms. The van der Waals surface area contributed by atoms with Crippen LogP contribution in [0.5, 0.6) is 0 Å². The zero-order chi connectivity index (χ0) is 9.10. The fourth-order valence-electron chi connectivity index (χ4n) is 1.11. The first-order valence-electron chi connectivity index (χ1n) is 3.89. The normalized spacial score (nSPS) is 9.92. The Hall–Kier alpha value is -1.41. The van der Waals surface area contributed by atoms with Gasteiger partial charge in [0.2, 0.25) is 0 Å². The van der Waals surface area contributed by atoms with Gasteiger partial charge in [-0.2, -0.15) is 0 Å². The van der Waals surface area contributed by atoms with E-state index in [0.717, 1.165) is 11.3 Å². The first kappa shape index (κ1) is 8.20. The van der Waals surface area contributed by atoms with Gasteiger partial charge in [0.25, 0.3) is 0 Å². The Morgan fingerprint density at radius 2 is 2.00 bits per heavy atom. The second kappa shape index (κ2) is 3.54. The van der Waals surface area contributed by atoms with E-state index < -0.39 is 0 Å². The third-order valence-corrected chi connectivity index (χ3v) is 2.01. The van der Waals surface area contributed by atoms with Crippen molar-refractivity contribution in [3.05, 3.63) is 47.9 Å². The van der Waals surface area contributed by atoms with Crippen LogP contribution in [-0.4, -0.2) is 9.97 Å². The molecular formula is C10H7ClN2. The summed E-state index contributed by atoms with van der Waals surface area (Å²) in [5, 5.41) is 0.626. The number of halogens is 1. The first-order valence-corrected chi connectivity index (χ1v) is 4.26. The van der Waals surface area contributed by atoms with Crippen LogP contribution < -0.4 is 0 Å². The van der Waals surface area contributed by atoms with Gasteiger partial charge in [-0.3, -0.25) is 9.97 Å². The number of pyridine rings is 2. The summed E-state index contributed by atoms with van der Waals surface area (Å²) < 4.78 is 0. The van der Waals surface area contributed by atoms with E-state index in [-0.39, 0.29) is 0 Å². The van der Waals surface area contributed by atoms with Gasteiger partial charge in [0.15, 0.2) is 0 Å². The summed E-state index contributed by atoms with van der Waals surface area (Å²) in [6.45, 7) is 0. The predicted octanol–water partition coefficient (Wildman–Crippen LogP) is 2.80. The summed E-state index contributed by atoms with van der Waals surface area (Å²) in [7, 11) is 0. The Morgan fingerprint density at radius 3 is 2.69 bits per heavy atom. The fourth-order valence-corrected chi connectivity index (χ4v) is 1.32. The lowest BCUT2D eigenvalue weighted by Gasteiger charge is -2.00. The van der Waals surface area contributed by atoms with Crippen molar-refractivity contribution < 1.29 is 0 Å². The number of rotatable bonds is 1. The molecule has 2 aromatic heterocycles. The summed E-state index contributed by atoms with van der Waals surface area (Å²) in [5.74, 6) is 0. The van der Waals surface area contributed by atoms with Gasteiger partial charge in [0, 0.05) is 24.2 Å². The third kappa shape index (κ3) is 1.68. The lowest BCUT2D eigenvalue weighted by atomic mass is 10.2. The summed E-state index contributed by atoms with van der Waals surface area (Å²) >= 11 is 5.96. The molecule has 2 aromatic rings. The third-order valence-electron chi connectivity index (χ3n) is 1.71. The van der Waals surface area contributed by atoms with Gasteiger partial charge < -0.3 is 0 Å². The van der Waals surface area contributed by atoms with Crippen LogP contribution in [-0.2, 0) is 0 Å². The van der Waals surface area contributed by atoms with Crippen molar-refractivity contribution in [3.8, 4) is 11.3 Å². The van der Waals surface area contributed by atoms with E-state index in [9.17, 15) is 0 Å². The Labute approximate surface area is 81.2 Å². The highest BCUT2D eigenvalue weighted by molar-refractivity contribution is 6.33. The predicted molar refractivity (Wildman–Crippen MR) is 52.5 cm³/mol. The molecule has 0 aliphatic carbocycles. The molecule has 0 atom stereocenters. The van der Waals surface area contributed by atoms with Gasteiger partial charge in [-0.05, 0) is 18.2 Å². The summed E-state index contributed by atoms with van der Waals surface area (Å²) in [4.78, 5) is 8.11. The molecule has 0 saturated heterocycles. The molecule has 0 aromatic carbocycles. The molecule has 0 saturated carbocycles. The number of aromatic nitrogens is 2. The molecule has 0 aliphatic rings. The van der Waals surface area contributed by atoms with E-state index in [4.69, 9.17) is 11.6 Å². The molecule has 2 heterocycles. The molecule has 0 amide bonds. The highest BCUT2D eigenvalue weighted by atomic mass is 35.5. The van der Waals surface area contributed by atoms with Crippen molar-refractivity contribution in [1.29, 1.82) is 0 Å². The van der Waals surface area contributed by atoms with Gasteiger partial charge in [0.1, 0.15) is 0 Å². The second-order valence-corrected chi connectivity index (χ2v) is 2.98. The van der Waals surface area contributed by atoms with Gasteiger partial charge in [0.05, 0.1) is 10.7 Å². The van der Waals surface area contributed by atoms with Crippen LogP contribution >= 0.6 is 11.6 Å². The van der Waals surface area contributed by atoms with Crippen LogP contribution in [0.2, 0.25) is 5.02 Å². The van der Waals surface area contributed by atoms with Crippen molar-refractivity contribution in [2.24, 2.45) is 0 Å². The molecule has 0 aliphatic heterocycles. The maximum absolute atomic E-state index is 5.96. The lowest BCUT2D eigenvalue weighted by molar-refractivity contribution is 1.29. The molecule has 2 nitrogen and oxygen atoms in total. The Kier molecular flexibility index (Phi) is 2.23. The van der Waals surface area contributed by atoms with Crippen molar-refractivity contribution >= 4 is 11.6 Å². The van der Waals surface area contributed by atoms with Gasteiger partial charge in [-0.15, -0.1) is 0 Å². The minimum Gasteiger partial charge on any atom is -0.263 e. The second-order valence-electron chi connectivity index (χ2n) is 2.57. The standard InChI is InChI=1S/C10H7ClN2/c11-9-7-12-6-4-8(9)10-3-1-2-5-13-10/h1-7H. The van der Waals surface area contributed by atoms with Crippen LogP contribution in [0, 0.1) is 0 Å². The van der Waals surface area contributed by atoms with Crippen molar-refractivity contribution in [1.82, 2.24) is 9.97 Å². The van der Waals surface area contributed by atoms with Crippen LogP contribution in [0.4, 0.5) is 0 Å². The van der Waals surface area contributed by atoms with E-state index in [1.807, 2.05) is 24.3 Å². The van der Waals surface area contributed by atoms with Crippen LogP contribution in [0.25, 0.3) is 11.3 Å². The molecule has 64 valence electrons. The van der Waals surface area contributed by atoms with Crippen molar-refractivity contribution in [2.45, 2.75) is 0 Å². The summed E-state index contributed by atoms with van der Waals surface area (Å²) in [6.07, 6.45) is 5.06. The number of nitrogens with zero attached hydrogens (tertiary/aromatic N) is 2. The highest BCUT2D eigenvalue weighted by Crippen LogP contribution is 2.23. The van der Waals surface area contributed by atoms with Crippen LogP contribution in [0.3, 0.4) is 0 Å². The molecule has 0 radical (unpaired) electrons. The zero-order valence-corrected chi connectivity index (χ0v) is 7.57. The zero-order valence-electron chi connectivity index (χ0n) is 6.81. The molecule has 0 bridgehead atoms. The Balaban J connectivity index is 2.54. The van der Waals surface area contributed by atoms with E-state index in [1.165, 1.54) is 0 Å². The topological polar surface area (TPSA) is 25.8 Å². The average Bonchev–Trinajstić information content (AvgIpc) is 2.20. The molecule has 0 spiro atoms. The minimum atomic E-state index is 0.626. The average molecular weight is 191 g/mol. The largest absolute Gasteiger partial charge is 0.263 e. The monoisotopic (exact) mass is 190 g/mol. The smallest absolute Gasteiger partial charge is 0.0718 e. The minimum absolute atomic E-state index is 0.626. The molecule has 0 unspecified atom stereocenters. The quantitative estimate of drug-likeness (QED) is 0.691. The lowest BCUT2D eigenvalue weighted by Crippen LogP contribution is -1.83. The molecule has 0 fully saturated rings. The first-order chi connectivity index (χ1) is 6.38. The molecule has 3 heteroatoms. The molecular weight excluding hydrogens is 184 g/mol. The van der Waals surface area contributed by atoms with Gasteiger partial charge in [-0.25, -0.2) is 0 Å². The highest BCUT2D eigenvalue weighted by Gasteiger charge is 2.01. The van der Waals surface area contributed by atoms with E-state index in [1.54, 1.807) is 18.6 Å². The van der Waals surface area contributed by atoms with Crippen molar-refractivity contribution in [3.63, 3.8) is 0 Å². The van der Waals surface area contributed by atoms with Crippen LogP contribution in [0.15, 0.2) is 42.9 Å². The number of hydrogen-bond donors (Lipinski definition) is 0. The van der Waals surface area contributed by atoms with Crippen LogP contribution in [0.1, 0.15) is 0 Å². The van der Waals surface area contributed by atoms with Gasteiger partial charge >= 0.3 is 0 Å². The van der Waals surface area contributed by atoms with E-state index in [0.29, 0.717) is 5.02 Å². The number of hydrogen-bond acceptors (Lipinski definition) is 2. The van der Waals surface area contributed by atoms with E-state index in [2.05, 4.69) is 9.97 Å². The SMILES string of the molecule is Clc1cnccc1-c1ccccn1. The summed E-state index contributed by atoms with van der Waals surface area (Å²) in [6, 6.07) is 7.57. The fraction of sp³-hybridized carbons (Fsp3) is 0. The van der Waals surface area contributed by atoms with E-state index >= 15 is 0 Å². The Morgan fingerprint density at radius 1 is 1.08 bits per heavy atom. The maximum atomic E-state index is 5.96. The Bertz CT molecular complexity index is 401. The van der Waals surface area contributed by atoms with Crippen molar-refractivity contribution in [2.75, 3.05) is 0 Å². The molecule has 0 N–H and O–H groups in total.